The summed E-state index contributed by atoms with van der Waals surface area (Å²) < 4.78 is 5.47. The van der Waals surface area contributed by atoms with Gasteiger partial charge in [-0.15, -0.1) is 12.4 Å². The lowest BCUT2D eigenvalue weighted by Gasteiger charge is -2.05. The fraction of sp³-hybridized carbons (Fsp3) is 0.118. The minimum absolute atomic E-state index is 0. The van der Waals surface area contributed by atoms with Gasteiger partial charge < -0.3 is 10.5 Å². The number of anilines is 1. The van der Waals surface area contributed by atoms with Crippen molar-refractivity contribution < 1.29 is 4.74 Å². The van der Waals surface area contributed by atoms with Gasteiger partial charge in [0.25, 0.3) is 0 Å². The van der Waals surface area contributed by atoms with Gasteiger partial charge in [-0.2, -0.15) is 0 Å². The summed E-state index contributed by atoms with van der Waals surface area (Å²) in [7, 11) is 0. The van der Waals surface area contributed by atoms with Crippen molar-refractivity contribution in [2.45, 2.75) is 6.92 Å². The highest BCUT2D eigenvalue weighted by Gasteiger charge is 2.13. The molecule has 0 fully saturated rings. The number of thiazole rings is 1. The normalized spacial score (nSPS) is 10.0. The molecule has 1 heterocycles. The Hall–Kier alpha value is -2.04. The molecule has 0 aliphatic carbocycles. The van der Waals surface area contributed by atoms with Crippen LogP contribution in [0.3, 0.4) is 0 Å². The average molecular weight is 333 g/mol. The van der Waals surface area contributed by atoms with Gasteiger partial charge in [0.15, 0.2) is 5.13 Å². The van der Waals surface area contributed by atoms with Crippen LogP contribution in [-0.2, 0) is 0 Å². The molecule has 3 aromatic rings. The molecule has 0 saturated carbocycles. The van der Waals surface area contributed by atoms with Crippen LogP contribution in [0.25, 0.3) is 21.7 Å². The number of nitrogen functional groups attached to an aromatic ring is 1. The predicted octanol–water partition coefficient (Wildman–Crippen LogP) is 4.88. The third-order valence-electron chi connectivity index (χ3n) is 3.12. The van der Waals surface area contributed by atoms with Crippen molar-refractivity contribution in [3.63, 3.8) is 0 Å². The molecule has 0 bridgehead atoms. The highest BCUT2D eigenvalue weighted by molar-refractivity contribution is 7.19. The topological polar surface area (TPSA) is 48.1 Å². The van der Waals surface area contributed by atoms with Gasteiger partial charge in [-0.05, 0) is 36.8 Å². The van der Waals surface area contributed by atoms with E-state index in [9.17, 15) is 0 Å². The minimum atomic E-state index is 0. The van der Waals surface area contributed by atoms with Crippen molar-refractivity contribution >= 4 is 28.9 Å². The number of nitrogens with zero attached hydrogens (tertiary/aromatic N) is 1. The van der Waals surface area contributed by atoms with Gasteiger partial charge in [0.05, 0.1) is 17.2 Å². The quantitative estimate of drug-likeness (QED) is 0.740. The molecule has 0 aliphatic heterocycles. The number of hydrogen-bond acceptors (Lipinski definition) is 4. The molecular weight excluding hydrogens is 316 g/mol. The summed E-state index contributed by atoms with van der Waals surface area (Å²) in [4.78, 5) is 5.58. The Morgan fingerprint density at radius 2 is 1.68 bits per heavy atom. The molecule has 3 nitrogen and oxygen atoms in total. The summed E-state index contributed by atoms with van der Waals surface area (Å²) in [5.74, 6) is 0.866. The van der Waals surface area contributed by atoms with Gasteiger partial charge in [0.2, 0.25) is 0 Å². The first-order valence-electron chi connectivity index (χ1n) is 6.83. The molecule has 0 aliphatic rings. The Kier molecular flexibility index (Phi) is 5.41. The molecule has 2 aromatic carbocycles. The Labute approximate surface area is 140 Å². The summed E-state index contributed by atoms with van der Waals surface area (Å²) in [6, 6.07) is 18.2. The van der Waals surface area contributed by atoms with E-state index in [-0.39, 0.29) is 12.4 Å². The molecule has 2 N–H and O–H groups in total. The second-order valence-electron chi connectivity index (χ2n) is 4.55. The molecule has 0 radical (unpaired) electrons. The van der Waals surface area contributed by atoms with E-state index < -0.39 is 0 Å². The van der Waals surface area contributed by atoms with E-state index in [2.05, 4.69) is 17.1 Å². The zero-order valence-electron chi connectivity index (χ0n) is 12.2. The van der Waals surface area contributed by atoms with E-state index >= 15 is 0 Å². The second-order valence-corrected chi connectivity index (χ2v) is 5.58. The number of hydrogen-bond donors (Lipinski definition) is 1. The maximum absolute atomic E-state index is 5.91. The van der Waals surface area contributed by atoms with Gasteiger partial charge >= 0.3 is 0 Å². The first kappa shape index (κ1) is 16.3. The lowest BCUT2D eigenvalue weighted by Crippen LogP contribution is -1.91. The molecular formula is C17H17ClN2OS. The van der Waals surface area contributed by atoms with Crippen LogP contribution < -0.4 is 10.5 Å². The summed E-state index contributed by atoms with van der Waals surface area (Å²) in [6.07, 6.45) is 0. The van der Waals surface area contributed by atoms with Gasteiger partial charge in [-0.25, -0.2) is 4.98 Å². The number of halogens is 1. The van der Waals surface area contributed by atoms with Gasteiger partial charge in [-0.1, -0.05) is 41.7 Å². The Balaban J connectivity index is 0.00000176. The number of aromatic nitrogens is 1. The maximum Gasteiger partial charge on any atom is 0.181 e. The van der Waals surface area contributed by atoms with Gasteiger partial charge in [-0.3, -0.25) is 0 Å². The Morgan fingerprint density at radius 1 is 1.00 bits per heavy atom. The highest BCUT2D eigenvalue weighted by atomic mass is 35.5. The Bertz CT molecular complexity index is 726. The van der Waals surface area contributed by atoms with Crippen molar-refractivity contribution in [1.29, 1.82) is 0 Å². The Morgan fingerprint density at radius 3 is 2.32 bits per heavy atom. The number of nitrogens with two attached hydrogens (primary N) is 1. The highest BCUT2D eigenvalue weighted by Crippen LogP contribution is 2.38. The van der Waals surface area contributed by atoms with Crippen LogP contribution in [0.4, 0.5) is 5.13 Å². The van der Waals surface area contributed by atoms with Crippen molar-refractivity contribution in [2.75, 3.05) is 12.3 Å². The van der Waals surface area contributed by atoms with Crippen LogP contribution in [0, 0.1) is 0 Å². The lowest BCUT2D eigenvalue weighted by molar-refractivity contribution is 0.340. The minimum Gasteiger partial charge on any atom is -0.494 e. The van der Waals surface area contributed by atoms with Crippen molar-refractivity contribution in [3.05, 3.63) is 54.6 Å². The third-order valence-corrected chi connectivity index (χ3v) is 4.05. The molecule has 0 amide bonds. The summed E-state index contributed by atoms with van der Waals surface area (Å²) in [5.41, 5.74) is 9.02. The van der Waals surface area contributed by atoms with Crippen LogP contribution >= 0.6 is 23.7 Å². The van der Waals surface area contributed by atoms with Gasteiger partial charge in [0.1, 0.15) is 5.75 Å². The van der Waals surface area contributed by atoms with E-state index in [0.717, 1.165) is 27.4 Å². The van der Waals surface area contributed by atoms with E-state index in [1.54, 1.807) is 0 Å². The standard InChI is InChI=1S/C17H16N2OS.ClH/c1-2-20-14-10-8-12(9-11-14)15-16(21-17(18)19-15)13-6-4-3-5-7-13;/h3-11H,2H2,1H3,(H2,18,19);1H. The molecule has 22 heavy (non-hydrogen) atoms. The fourth-order valence-corrected chi connectivity index (χ4v) is 3.05. The lowest BCUT2D eigenvalue weighted by atomic mass is 10.1. The molecule has 0 atom stereocenters. The van der Waals surface area contributed by atoms with E-state index in [1.165, 1.54) is 11.3 Å². The molecule has 1 aromatic heterocycles. The predicted molar refractivity (Wildman–Crippen MR) is 95.8 cm³/mol. The molecule has 0 saturated heterocycles. The average Bonchev–Trinajstić information content (AvgIpc) is 2.91. The number of ether oxygens (including phenoxy) is 1. The third kappa shape index (κ3) is 3.40. The fourth-order valence-electron chi connectivity index (χ4n) is 2.19. The van der Waals surface area contributed by atoms with Crippen molar-refractivity contribution in [3.8, 4) is 27.4 Å². The van der Waals surface area contributed by atoms with E-state index in [1.807, 2.05) is 49.4 Å². The van der Waals surface area contributed by atoms with Gasteiger partial charge in [0, 0.05) is 5.56 Å². The monoisotopic (exact) mass is 332 g/mol. The first-order valence-corrected chi connectivity index (χ1v) is 7.64. The summed E-state index contributed by atoms with van der Waals surface area (Å²) >= 11 is 1.51. The number of benzene rings is 2. The maximum atomic E-state index is 5.91. The summed E-state index contributed by atoms with van der Waals surface area (Å²) in [6.45, 7) is 2.64. The molecule has 114 valence electrons. The van der Waals surface area contributed by atoms with E-state index in [0.29, 0.717) is 11.7 Å². The van der Waals surface area contributed by atoms with Crippen molar-refractivity contribution in [2.24, 2.45) is 0 Å². The number of rotatable bonds is 4. The molecule has 5 heteroatoms. The van der Waals surface area contributed by atoms with Crippen LogP contribution in [0.15, 0.2) is 54.6 Å². The van der Waals surface area contributed by atoms with Crippen LogP contribution in [-0.4, -0.2) is 11.6 Å². The largest absolute Gasteiger partial charge is 0.494 e. The van der Waals surface area contributed by atoms with Crippen LogP contribution in [0.5, 0.6) is 5.75 Å². The molecule has 0 unspecified atom stereocenters. The zero-order chi connectivity index (χ0) is 14.7. The SMILES string of the molecule is CCOc1ccc(-c2nc(N)sc2-c2ccccc2)cc1.Cl. The molecule has 0 spiro atoms. The molecule has 3 rings (SSSR count). The van der Waals surface area contributed by atoms with Crippen LogP contribution in [0.1, 0.15) is 6.92 Å². The van der Waals surface area contributed by atoms with E-state index in [4.69, 9.17) is 10.5 Å². The second kappa shape index (κ2) is 7.29. The van der Waals surface area contributed by atoms with Crippen molar-refractivity contribution in [1.82, 2.24) is 4.98 Å². The smallest absolute Gasteiger partial charge is 0.181 e. The summed E-state index contributed by atoms with van der Waals surface area (Å²) in [5, 5.41) is 0.581. The van der Waals surface area contributed by atoms with Crippen LogP contribution in [0.2, 0.25) is 0 Å². The first-order chi connectivity index (χ1) is 10.3. The zero-order valence-corrected chi connectivity index (χ0v) is 13.8.